The van der Waals surface area contributed by atoms with Crippen LogP contribution < -0.4 is 9.64 Å². The highest BCUT2D eigenvalue weighted by atomic mass is 35.5. The van der Waals surface area contributed by atoms with E-state index in [9.17, 15) is 13.0 Å². The normalized spacial score (nSPS) is 15.4. The molecule has 0 spiro atoms. The van der Waals surface area contributed by atoms with Gasteiger partial charge in [-0.25, -0.2) is 0 Å². The quantitative estimate of drug-likeness (QED) is 0.168. The number of halogens is 1. The van der Waals surface area contributed by atoms with Crippen molar-refractivity contribution in [3.05, 3.63) is 101 Å². The summed E-state index contributed by atoms with van der Waals surface area (Å²) < 4.78 is 46.0. The molecule has 6 nitrogen and oxygen atoms in total. The number of aryl methyl sites for hydroxylation is 1. The number of benzene rings is 3. The number of rotatable bonds is 11. The average molecular weight is 620 g/mol. The second kappa shape index (κ2) is 13.0. The van der Waals surface area contributed by atoms with Crippen molar-refractivity contribution in [3.8, 4) is 16.9 Å². The minimum atomic E-state index is -4.15. The van der Waals surface area contributed by atoms with Crippen LogP contribution in [0.3, 0.4) is 0 Å². The van der Waals surface area contributed by atoms with E-state index >= 15 is 0 Å². The SMILES string of the molecule is CCC(/C=C1\Oc2ccc(Cl)cc2N1CCC(C)C)=C\c1oc2ccc(-c3ccccc3)cc2c1CCC(C)S(=O)(=O)O. The molecule has 0 aliphatic carbocycles. The van der Waals surface area contributed by atoms with Crippen LogP contribution in [-0.2, 0) is 16.5 Å². The Hall–Kier alpha value is -3.52. The maximum absolute atomic E-state index is 11.8. The monoisotopic (exact) mass is 619 g/mol. The number of anilines is 1. The summed E-state index contributed by atoms with van der Waals surface area (Å²) >= 11 is 6.35. The number of hydrogen-bond acceptors (Lipinski definition) is 5. The van der Waals surface area contributed by atoms with Crippen LogP contribution in [0, 0.1) is 5.92 Å². The molecule has 5 rings (SSSR count). The molecule has 2 heterocycles. The number of ether oxygens (including phenoxy) is 1. The molecule has 0 bridgehead atoms. The van der Waals surface area contributed by atoms with Gasteiger partial charge in [-0.3, -0.25) is 4.55 Å². The molecule has 43 heavy (non-hydrogen) atoms. The Balaban J connectivity index is 1.57. The molecule has 1 aliphatic heterocycles. The van der Waals surface area contributed by atoms with E-state index in [1.165, 1.54) is 6.92 Å². The summed E-state index contributed by atoms with van der Waals surface area (Å²) in [5.41, 5.74) is 5.70. The van der Waals surface area contributed by atoms with E-state index in [0.717, 1.165) is 69.9 Å². The van der Waals surface area contributed by atoms with Crippen LogP contribution in [0.25, 0.3) is 28.2 Å². The molecular formula is C35H38ClNO5S. The van der Waals surface area contributed by atoms with Gasteiger partial charge in [0.15, 0.2) is 5.75 Å². The van der Waals surface area contributed by atoms with Gasteiger partial charge in [0.1, 0.15) is 11.3 Å². The summed E-state index contributed by atoms with van der Waals surface area (Å²) in [5, 5.41) is 0.687. The third kappa shape index (κ3) is 7.18. The maximum atomic E-state index is 11.8. The van der Waals surface area contributed by atoms with E-state index in [0.29, 0.717) is 23.1 Å². The van der Waals surface area contributed by atoms with Crippen molar-refractivity contribution in [3.63, 3.8) is 0 Å². The second-order valence-corrected chi connectivity index (χ2v) is 13.8. The lowest BCUT2D eigenvalue weighted by atomic mass is 9.99. The van der Waals surface area contributed by atoms with Gasteiger partial charge in [-0.05, 0) is 91.6 Å². The minimum absolute atomic E-state index is 0.259. The summed E-state index contributed by atoms with van der Waals surface area (Å²) in [6, 6.07) is 21.8. The van der Waals surface area contributed by atoms with E-state index in [-0.39, 0.29) is 6.42 Å². The highest BCUT2D eigenvalue weighted by Crippen LogP contribution is 2.42. The first-order valence-electron chi connectivity index (χ1n) is 14.8. The molecular weight excluding hydrogens is 582 g/mol. The van der Waals surface area contributed by atoms with Gasteiger partial charge >= 0.3 is 0 Å². The van der Waals surface area contributed by atoms with Gasteiger partial charge in [0.05, 0.1) is 10.9 Å². The first-order chi connectivity index (χ1) is 20.5. The minimum Gasteiger partial charge on any atom is -0.456 e. The van der Waals surface area contributed by atoms with Gasteiger partial charge in [0.25, 0.3) is 10.1 Å². The standard InChI is InChI=1S/C35H38ClNO5S/c1-5-25(20-35-37(18-17-23(2)3)31-22-28(36)13-16-33(31)42-35)19-34-29(14-11-24(4)43(38,39)40)30-21-27(12-15-32(30)41-34)26-9-7-6-8-10-26/h6-10,12-13,15-16,19-24H,5,11,14,17-18H2,1-4H3,(H,38,39,40)/b25-19+,35-20-. The van der Waals surface area contributed by atoms with Gasteiger partial charge in [-0.15, -0.1) is 0 Å². The zero-order chi connectivity index (χ0) is 30.7. The van der Waals surface area contributed by atoms with E-state index < -0.39 is 15.4 Å². The Morgan fingerprint density at radius 3 is 2.47 bits per heavy atom. The first-order valence-corrected chi connectivity index (χ1v) is 16.7. The van der Waals surface area contributed by atoms with Crippen LogP contribution in [0.4, 0.5) is 5.69 Å². The Kier molecular flexibility index (Phi) is 9.35. The third-order valence-electron chi connectivity index (χ3n) is 7.89. The Morgan fingerprint density at radius 2 is 1.77 bits per heavy atom. The van der Waals surface area contributed by atoms with Crippen LogP contribution >= 0.6 is 11.6 Å². The molecule has 1 aromatic heterocycles. The average Bonchev–Trinajstić information content (AvgIpc) is 3.49. The Bertz CT molecular complexity index is 1770. The van der Waals surface area contributed by atoms with Crippen molar-refractivity contribution in [1.29, 1.82) is 0 Å². The highest BCUT2D eigenvalue weighted by Gasteiger charge is 2.27. The number of allylic oxidation sites excluding steroid dienone is 2. The van der Waals surface area contributed by atoms with Crippen molar-refractivity contribution in [1.82, 2.24) is 0 Å². The summed E-state index contributed by atoms with van der Waals surface area (Å²) in [6.45, 7) is 8.80. The van der Waals surface area contributed by atoms with Crippen molar-refractivity contribution >= 4 is 44.5 Å². The summed E-state index contributed by atoms with van der Waals surface area (Å²) in [4.78, 5) is 2.17. The van der Waals surface area contributed by atoms with Crippen LogP contribution in [0.5, 0.6) is 5.75 Å². The second-order valence-electron chi connectivity index (χ2n) is 11.5. The zero-order valence-electron chi connectivity index (χ0n) is 25.0. The molecule has 4 aromatic rings. The summed E-state index contributed by atoms with van der Waals surface area (Å²) in [6.07, 6.45) is 6.45. The fraction of sp³-hybridized carbons (Fsp3) is 0.314. The van der Waals surface area contributed by atoms with Gasteiger partial charge in [0, 0.05) is 28.6 Å². The topological polar surface area (TPSA) is 80.0 Å². The molecule has 0 amide bonds. The van der Waals surface area contributed by atoms with Crippen LogP contribution in [-0.4, -0.2) is 24.8 Å². The van der Waals surface area contributed by atoms with E-state index in [1.54, 1.807) is 0 Å². The largest absolute Gasteiger partial charge is 0.456 e. The molecule has 1 N–H and O–H groups in total. The van der Waals surface area contributed by atoms with Crippen molar-refractivity contribution in [2.75, 3.05) is 11.4 Å². The highest BCUT2D eigenvalue weighted by molar-refractivity contribution is 7.86. The van der Waals surface area contributed by atoms with Gasteiger partial charge in [-0.2, -0.15) is 8.42 Å². The van der Waals surface area contributed by atoms with Gasteiger partial charge in [0.2, 0.25) is 5.88 Å². The predicted octanol–water partition coefficient (Wildman–Crippen LogP) is 9.54. The maximum Gasteiger partial charge on any atom is 0.267 e. The van der Waals surface area contributed by atoms with Gasteiger partial charge < -0.3 is 14.1 Å². The van der Waals surface area contributed by atoms with E-state index in [2.05, 4.69) is 43.9 Å². The fourth-order valence-electron chi connectivity index (χ4n) is 5.22. The Morgan fingerprint density at radius 1 is 1.00 bits per heavy atom. The van der Waals surface area contributed by atoms with Gasteiger partial charge in [-0.1, -0.05) is 68.8 Å². The van der Waals surface area contributed by atoms with Crippen molar-refractivity contribution in [2.45, 2.75) is 58.6 Å². The van der Waals surface area contributed by atoms with E-state index in [4.69, 9.17) is 20.8 Å². The smallest absolute Gasteiger partial charge is 0.267 e. The molecule has 8 heteroatoms. The molecule has 0 fully saturated rings. The van der Waals surface area contributed by atoms with E-state index in [1.807, 2.05) is 60.7 Å². The number of hydrogen-bond donors (Lipinski definition) is 1. The molecule has 0 radical (unpaired) electrons. The Labute approximate surface area is 259 Å². The number of furan rings is 1. The molecule has 3 aromatic carbocycles. The lowest BCUT2D eigenvalue weighted by molar-refractivity contribution is 0.432. The first kappa shape index (κ1) is 30.9. The lowest BCUT2D eigenvalue weighted by Gasteiger charge is -2.20. The summed E-state index contributed by atoms with van der Waals surface area (Å²) in [7, 11) is -4.15. The zero-order valence-corrected chi connectivity index (χ0v) is 26.6. The fourth-order valence-corrected chi connectivity index (χ4v) is 5.80. The predicted molar refractivity (Wildman–Crippen MR) is 176 cm³/mol. The van der Waals surface area contributed by atoms with Crippen LogP contribution in [0.15, 0.2) is 88.7 Å². The molecule has 1 atom stereocenters. The van der Waals surface area contributed by atoms with Crippen molar-refractivity contribution in [2.24, 2.45) is 5.92 Å². The molecule has 0 saturated carbocycles. The molecule has 1 aliphatic rings. The lowest BCUT2D eigenvalue weighted by Crippen LogP contribution is -2.22. The number of fused-ring (bicyclic) bond motifs is 2. The summed E-state index contributed by atoms with van der Waals surface area (Å²) in [5.74, 6) is 2.69. The van der Waals surface area contributed by atoms with Crippen LogP contribution in [0.2, 0.25) is 5.02 Å². The molecule has 226 valence electrons. The van der Waals surface area contributed by atoms with Crippen molar-refractivity contribution < 1.29 is 22.1 Å². The van der Waals surface area contributed by atoms with Crippen LogP contribution in [0.1, 0.15) is 58.3 Å². The molecule has 1 unspecified atom stereocenters. The third-order valence-corrected chi connectivity index (χ3v) is 9.38. The molecule has 0 saturated heterocycles. The number of nitrogens with zero attached hydrogens (tertiary/aromatic N) is 1.